The predicted octanol–water partition coefficient (Wildman–Crippen LogP) is 5.81. The van der Waals surface area contributed by atoms with Gasteiger partial charge in [-0.1, -0.05) is 59.6 Å². The van der Waals surface area contributed by atoms with Crippen LogP contribution in [0.2, 0.25) is 5.02 Å². The number of aromatic nitrogens is 1. The smallest absolute Gasteiger partial charge is 0.339 e. The molecule has 2 N–H and O–H groups in total. The van der Waals surface area contributed by atoms with Gasteiger partial charge in [0.2, 0.25) is 0 Å². The first-order valence-corrected chi connectivity index (χ1v) is 9.95. The van der Waals surface area contributed by atoms with Gasteiger partial charge in [-0.05, 0) is 42.8 Å². The number of anilines is 1. The lowest BCUT2D eigenvalue weighted by molar-refractivity contribution is 0.252. The van der Waals surface area contributed by atoms with Crippen LogP contribution in [0.1, 0.15) is 16.7 Å². The van der Waals surface area contributed by atoms with E-state index in [1.54, 1.807) is 6.21 Å². The number of benzene rings is 3. The maximum Gasteiger partial charge on any atom is 0.339 e. The minimum absolute atomic E-state index is 0.389. The van der Waals surface area contributed by atoms with Crippen LogP contribution < -0.4 is 10.7 Å². The number of para-hydroxylation sites is 1. The Balaban J connectivity index is 1.49. The summed E-state index contributed by atoms with van der Waals surface area (Å²) < 4.78 is 2.16. The number of nitrogens with one attached hydrogen (secondary N) is 2. The molecule has 6 heteroatoms. The summed E-state index contributed by atoms with van der Waals surface area (Å²) in [5, 5.41) is 8.66. The molecule has 0 fully saturated rings. The van der Waals surface area contributed by atoms with Crippen LogP contribution in [-0.2, 0) is 6.54 Å². The zero-order chi connectivity index (χ0) is 20.9. The van der Waals surface area contributed by atoms with Crippen molar-refractivity contribution < 1.29 is 4.79 Å². The Morgan fingerprint density at radius 2 is 1.77 bits per heavy atom. The molecule has 0 radical (unpaired) electrons. The number of nitrogens with zero attached hydrogens (tertiary/aromatic N) is 2. The molecular weight excluding hydrogens is 396 g/mol. The Bertz CT molecular complexity index is 1190. The standard InChI is InChI=1S/C24H21ClN4O/c1-17-6-12-21(13-7-17)27-24(30)28-26-14-19-16-29(23-5-3-2-4-22(19)23)15-18-8-10-20(25)11-9-18/h2-14,16H,15H2,1H3,(H2,27,28,30)/b26-14+. The molecule has 0 bridgehead atoms. The molecule has 4 aromatic rings. The van der Waals surface area contributed by atoms with Crippen LogP contribution in [0.5, 0.6) is 0 Å². The highest BCUT2D eigenvalue weighted by Gasteiger charge is 2.07. The topological polar surface area (TPSA) is 58.4 Å². The summed E-state index contributed by atoms with van der Waals surface area (Å²) in [6, 6.07) is 23.1. The van der Waals surface area contributed by atoms with E-state index in [2.05, 4.69) is 26.5 Å². The zero-order valence-corrected chi connectivity index (χ0v) is 17.2. The van der Waals surface area contributed by atoms with Crippen LogP contribution in [0.25, 0.3) is 10.9 Å². The van der Waals surface area contributed by atoms with Crippen molar-refractivity contribution in [2.75, 3.05) is 5.32 Å². The molecule has 0 unspecified atom stereocenters. The molecule has 5 nitrogen and oxygen atoms in total. The zero-order valence-electron chi connectivity index (χ0n) is 16.5. The van der Waals surface area contributed by atoms with Gasteiger partial charge in [0.1, 0.15) is 0 Å². The Hall–Kier alpha value is -3.57. The van der Waals surface area contributed by atoms with Gasteiger partial charge < -0.3 is 9.88 Å². The van der Waals surface area contributed by atoms with Crippen molar-refractivity contribution in [3.63, 3.8) is 0 Å². The molecule has 150 valence electrons. The SMILES string of the molecule is Cc1ccc(NC(=O)N/N=C/c2cn(Cc3ccc(Cl)cc3)c3ccccc23)cc1. The van der Waals surface area contributed by atoms with Gasteiger partial charge in [0.05, 0.1) is 6.21 Å². The van der Waals surface area contributed by atoms with E-state index in [0.29, 0.717) is 12.2 Å². The summed E-state index contributed by atoms with van der Waals surface area (Å²) in [5.41, 5.74) is 7.54. The monoisotopic (exact) mass is 416 g/mol. The summed E-state index contributed by atoms with van der Waals surface area (Å²) >= 11 is 5.99. The number of carbonyl (C=O) groups excluding carboxylic acids is 1. The van der Waals surface area contributed by atoms with E-state index in [1.165, 1.54) is 0 Å². The van der Waals surface area contributed by atoms with E-state index in [0.717, 1.165) is 32.6 Å². The summed E-state index contributed by atoms with van der Waals surface area (Å²) in [7, 11) is 0. The average Bonchev–Trinajstić information content (AvgIpc) is 3.09. The van der Waals surface area contributed by atoms with E-state index in [-0.39, 0.29) is 6.03 Å². The minimum Gasteiger partial charge on any atom is -0.342 e. The van der Waals surface area contributed by atoms with Crippen LogP contribution in [0.15, 0.2) is 84.1 Å². The lowest BCUT2D eigenvalue weighted by Crippen LogP contribution is -2.24. The second-order valence-corrected chi connectivity index (χ2v) is 7.48. The number of hydrazone groups is 1. The number of urea groups is 1. The van der Waals surface area contributed by atoms with Crippen LogP contribution in [0.4, 0.5) is 10.5 Å². The van der Waals surface area contributed by atoms with Gasteiger partial charge in [0.25, 0.3) is 0 Å². The molecule has 0 spiro atoms. The molecule has 0 saturated heterocycles. The van der Waals surface area contributed by atoms with Crippen LogP contribution in [0.3, 0.4) is 0 Å². The summed E-state index contributed by atoms with van der Waals surface area (Å²) in [6.07, 6.45) is 3.69. The van der Waals surface area contributed by atoms with Gasteiger partial charge in [-0.3, -0.25) is 0 Å². The Morgan fingerprint density at radius 1 is 1.03 bits per heavy atom. The number of aryl methyl sites for hydroxylation is 1. The minimum atomic E-state index is -0.389. The van der Waals surface area contributed by atoms with E-state index >= 15 is 0 Å². The first-order chi connectivity index (χ1) is 14.6. The number of hydrogen-bond acceptors (Lipinski definition) is 2. The van der Waals surface area contributed by atoms with Crippen molar-refractivity contribution in [1.29, 1.82) is 0 Å². The quantitative estimate of drug-likeness (QED) is 0.313. The third-order valence-electron chi connectivity index (χ3n) is 4.76. The highest BCUT2D eigenvalue weighted by Crippen LogP contribution is 2.21. The van der Waals surface area contributed by atoms with E-state index in [1.807, 2.05) is 79.9 Å². The van der Waals surface area contributed by atoms with Crippen molar-refractivity contribution in [3.05, 3.63) is 101 Å². The van der Waals surface area contributed by atoms with E-state index in [4.69, 9.17) is 11.6 Å². The molecule has 0 aliphatic carbocycles. The summed E-state index contributed by atoms with van der Waals surface area (Å²) in [4.78, 5) is 12.1. The third kappa shape index (κ3) is 4.70. The summed E-state index contributed by atoms with van der Waals surface area (Å²) in [6.45, 7) is 2.71. The molecule has 1 aromatic heterocycles. The first-order valence-electron chi connectivity index (χ1n) is 9.57. The number of amides is 2. The second kappa shape index (κ2) is 8.84. The highest BCUT2D eigenvalue weighted by molar-refractivity contribution is 6.30. The number of fused-ring (bicyclic) bond motifs is 1. The largest absolute Gasteiger partial charge is 0.342 e. The predicted molar refractivity (Wildman–Crippen MR) is 123 cm³/mol. The van der Waals surface area contributed by atoms with Gasteiger partial charge in [-0.25, -0.2) is 10.2 Å². The number of carbonyl (C=O) groups is 1. The maximum absolute atomic E-state index is 12.1. The van der Waals surface area contributed by atoms with Gasteiger partial charge in [0.15, 0.2) is 0 Å². The Kier molecular flexibility index (Phi) is 5.82. The molecule has 0 aliphatic rings. The first kappa shape index (κ1) is 19.7. The van der Waals surface area contributed by atoms with Crippen LogP contribution in [-0.4, -0.2) is 16.8 Å². The van der Waals surface area contributed by atoms with Gasteiger partial charge >= 0.3 is 6.03 Å². The van der Waals surface area contributed by atoms with Crippen molar-refractivity contribution in [2.24, 2.45) is 5.10 Å². The van der Waals surface area contributed by atoms with Crippen molar-refractivity contribution in [1.82, 2.24) is 9.99 Å². The third-order valence-corrected chi connectivity index (χ3v) is 5.02. The fraction of sp³-hybridized carbons (Fsp3) is 0.0833. The van der Waals surface area contributed by atoms with Crippen molar-refractivity contribution in [3.8, 4) is 0 Å². The lowest BCUT2D eigenvalue weighted by Gasteiger charge is -2.05. The van der Waals surface area contributed by atoms with Crippen LogP contribution in [0, 0.1) is 6.92 Å². The fourth-order valence-corrected chi connectivity index (χ4v) is 3.38. The highest BCUT2D eigenvalue weighted by atomic mass is 35.5. The molecule has 30 heavy (non-hydrogen) atoms. The maximum atomic E-state index is 12.1. The van der Waals surface area contributed by atoms with Crippen molar-refractivity contribution >= 4 is 40.4 Å². The van der Waals surface area contributed by atoms with Gasteiger partial charge in [0, 0.05) is 39.9 Å². The molecule has 0 aliphatic heterocycles. The second-order valence-electron chi connectivity index (χ2n) is 7.05. The van der Waals surface area contributed by atoms with E-state index < -0.39 is 0 Å². The van der Waals surface area contributed by atoms with Crippen molar-refractivity contribution in [2.45, 2.75) is 13.5 Å². The number of hydrogen-bond donors (Lipinski definition) is 2. The number of halogens is 1. The van der Waals surface area contributed by atoms with Gasteiger partial charge in [-0.15, -0.1) is 0 Å². The Labute approximate surface area is 180 Å². The van der Waals surface area contributed by atoms with Gasteiger partial charge in [-0.2, -0.15) is 5.10 Å². The molecule has 4 rings (SSSR count). The van der Waals surface area contributed by atoms with E-state index in [9.17, 15) is 4.79 Å². The summed E-state index contributed by atoms with van der Waals surface area (Å²) in [5.74, 6) is 0. The Morgan fingerprint density at radius 3 is 2.53 bits per heavy atom. The fourth-order valence-electron chi connectivity index (χ4n) is 3.25. The molecule has 1 heterocycles. The molecule has 0 atom stereocenters. The molecule has 3 aromatic carbocycles. The number of rotatable bonds is 5. The molecule has 2 amide bonds. The molecular formula is C24H21ClN4O. The normalized spacial score (nSPS) is 11.1. The van der Waals surface area contributed by atoms with Crippen LogP contribution >= 0.6 is 11.6 Å². The molecule has 0 saturated carbocycles. The average molecular weight is 417 g/mol. The lowest BCUT2D eigenvalue weighted by atomic mass is 10.2.